The van der Waals surface area contributed by atoms with Crippen molar-refractivity contribution in [2.24, 2.45) is 5.92 Å². The Bertz CT molecular complexity index is 796. The second-order valence-corrected chi connectivity index (χ2v) is 8.99. The standard InChI is InChI=1S/C19H27N5OS2/c25-18(23-9-3-1-2-4-10-23)15-7-11-22(12-8-15)14-24-19(26)20-17(21-24)16-6-5-13-27-16/h5-6,13,15H,1-4,7-12,14H2,(H,20,21,26)/p+1. The van der Waals surface area contributed by atoms with Crippen molar-refractivity contribution in [1.29, 1.82) is 0 Å². The number of rotatable bonds is 4. The van der Waals surface area contributed by atoms with Crippen LogP contribution in [0.3, 0.4) is 0 Å². The molecule has 0 radical (unpaired) electrons. The molecule has 2 aromatic heterocycles. The predicted molar refractivity (Wildman–Crippen MR) is 109 cm³/mol. The number of hydrogen-bond donors (Lipinski definition) is 2. The third-order valence-corrected chi connectivity index (χ3v) is 6.96. The van der Waals surface area contributed by atoms with E-state index in [4.69, 9.17) is 12.2 Å². The largest absolute Gasteiger partial charge is 0.342 e. The molecule has 1 amide bonds. The highest BCUT2D eigenvalue weighted by atomic mass is 32.1. The summed E-state index contributed by atoms with van der Waals surface area (Å²) < 4.78 is 2.57. The van der Waals surface area contributed by atoms with Crippen LogP contribution in [-0.2, 0) is 11.5 Å². The predicted octanol–water partition coefficient (Wildman–Crippen LogP) is 2.32. The number of aromatic amines is 1. The summed E-state index contributed by atoms with van der Waals surface area (Å²) in [5, 5.41) is 5.38. The first-order valence-corrected chi connectivity index (χ1v) is 11.3. The van der Waals surface area contributed by atoms with Gasteiger partial charge in [0.25, 0.3) is 0 Å². The second kappa shape index (κ2) is 8.67. The van der Waals surface area contributed by atoms with Crippen molar-refractivity contribution in [1.82, 2.24) is 19.7 Å². The molecule has 0 atom stereocenters. The molecule has 27 heavy (non-hydrogen) atoms. The molecule has 4 rings (SSSR count). The average molecular weight is 407 g/mol. The van der Waals surface area contributed by atoms with E-state index in [1.165, 1.54) is 30.6 Å². The lowest BCUT2D eigenvalue weighted by molar-refractivity contribution is -0.929. The fourth-order valence-electron chi connectivity index (χ4n) is 4.19. The van der Waals surface area contributed by atoms with Crippen LogP contribution in [0, 0.1) is 10.7 Å². The molecular weight excluding hydrogens is 378 g/mol. The van der Waals surface area contributed by atoms with Crippen LogP contribution < -0.4 is 4.90 Å². The number of likely N-dealkylation sites (tertiary alicyclic amines) is 2. The molecule has 2 fully saturated rings. The van der Waals surface area contributed by atoms with Crippen LogP contribution in [0.2, 0.25) is 0 Å². The SMILES string of the molecule is O=C(C1CC[NH+](Cn2[nH]c(-c3cccs3)nc2=S)CC1)N1CCCCCC1. The fourth-order valence-corrected chi connectivity index (χ4v) is 5.06. The van der Waals surface area contributed by atoms with Gasteiger partial charge in [0.2, 0.25) is 10.7 Å². The van der Waals surface area contributed by atoms with Crippen LogP contribution >= 0.6 is 23.6 Å². The Hall–Kier alpha value is -1.51. The second-order valence-electron chi connectivity index (χ2n) is 7.68. The monoisotopic (exact) mass is 406 g/mol. The van der Waals surface area contributed by atoms with Gasteiger partial charge in [-0.1, -0.05) is 18.9 Å². The summed E-state index contributed by atoms with van der Waals surface area (Å²) >= 11 is 7.09. The Labute approximate surface area is 169 Å². The summed E-state index contributed by atoms with van der Waals surface area (Å²) in [5.74, 6) is 1.46. The van der Waals surface area contributed by atoms with Crippen molar-refractivity contribution >= 4 is 29.5 Å². The van der Waals surface area contributed by atoms with Crippen molar-refractivity contribution in [3.8, 4) is 10.7 Å². The Morgan fingerprint density at radius 2 is 2.00 bits per heavy atom. The van der Waals surface area contributed by atoms with Crippen LogP contribution in [-0.4, -0.2) is 51.8 Å². The van der Waals surface area contributed by atoms with Gasteiger partial charge in [-0.25, -0.2) is 4.68 Å². The van der Waals surface area contributed by atoms with E-state index in [-0.39, 0.29) is 5.92 Å². The Morgan fingerprint density at radius 3 is 2.67 bits per heavy atom. The van der Waals surface area contributed by atoms with Crippen molar-refractivity contribution in [3.63, 3.8) is 0 Å². The third kappa shape index (κ3) is 4.50. The van der Waals surface area contributed by atoms with Crippen molar-refractivity contribution in [2.75, 3.05) is 26.2 Å². The lowest BCUT2D eigenvalue weighted by atomic mass is 9.95. The number of carbonyl (C=O) groups is 1. The molecule has 0 aromatic carbocycles. The summed E-state index contributed by atoms with van der Waals surface area (Å²) in [6.45, 7) is 4.74. The van der Waals surface area contributed by atoms with Gasteiger partial charge in [-0.3, -0.25) is 9.89 Å². The number of quaternary nitrogens is 1. The minimum absolute atomic E-state index is 0.211. The lowest BCUT2D eigenvalue weighted by Gasteiger charge is -2.31. The molecule has 6 nitrogen and oxygen atoms in total. The van der Waals surface area contributed by atoms with Crippen LogP contribution in [0.15, 0.2) is 17.5 Å². The van der Waals surface area contributed by atoms with E-state index in [0.717, 1.165) is 56.4 Å². The molecule has 0 bridgehead atoms. The number of thiophene rings is 1. The van der Waals surface area contributed by atoms with Gasteiger partial charge in [-0.2, -0.15) is 4.98 Å². The Balaban J connectivity index is 1.32. The van der Waals surface area contributed by atoms with E-state index in [1.807, 2.05) is 16.1 Å². The van der Waals surface area contributed by atoms with Gasteiger partial charge in [0.1, 0.15) is 0 Å². The van der Waals surface area contributed by atoms with E-state index in [0.29, 0.717) is 10.7 Å². The van der Waals surface area contributed by atoms with Crippen LogP contribution in [0.4, 0.5) is 0 Å². The van der Waals surface area contributed by atoms with Crippen LogP contribution in [0.25, 0.3) is 10.7 Å². The summed E-state index contributed by atoms with van der Waals surface area (Å²) in [4.78, 5) is 22.0. The molecule has 2 aliphatic heterocycles. The van der Waals surface area contributed by atoms with E-state index in [2.05, 4.69) is 21.0 Å². The average Bonchev–Trinajstić information content (AvgIpc) is 3.25. The number of nitrogens with one attached hydrogen (secondary N) is 2. The molecule has 0 spiro atoms. The normalized spacial score (nSPS) is 23.9. The van der Waals surface area contributed by atoms with Gasteiger partial charge in [0.05, 0.1) is 18.0 Å². The molecule has 2 aromatic rings. The summed E-state index contributed by atoms with van der Waals surface area (Å²) in [6.07, 6.45) is 6.82. The Kier molecular flexibility index (Phi) is 6.04. The van der Waals surface area contributed by atoms with Crippen LogP contribution in [0.1, 0.15) is 38.5 Å². The highest BCUT2D eigenvalue weighted by Crippen LogP contribution is 2.20. The smallest absolute Gasteiger partial charge is 0.226 e. The van der Waals surface area contributed by atoms with E-state index < -0.39 is 0 Å². The van der Waals surface area contributed by atoms with Gasteiger partial charge >= 0.3 is 0 Å². The van der Waals surface area contributed by atoms with E-state index >= 15 is 0 Å². The maximum atomic E-state index is 12.8. The number of aromatic nitrogens is 3. The minimum atomic E-state index is 0.211. The van der Waals surface area contributed by atoms with Crippen molar-refractivity contribution in [2.45, 2.75) is 45.2 Å². The summed E-state index contributed by atoms with van der Waals surface area (Å²) in [6, 6.07) is 4.07. The molecule has 2 aliphatic rings. The highest BCUT2D eigenvalue weighted by molar-refractivity contribution is 7.71. The molecule has 4 heterocycles. The van der Waals surface area contributed by atoms with Gasteiger partial charge in [0, 0.05) is 31.8 Å². The minimum Gasteiger partial charge on any atom is -0.342 e. The molecule has 2 saturated heterocycles. The number of piperidine rings is 1. The van der Waals surface area contributed by atoms with Gasteiger partial charge in [0.15, 0.2) is 12.5 Å². The first-order valence-electron chi connectivity index (χ1n) is 10.0. The van der Waals surface area contributed by atoms with Gasteiger partial charge < -0.3 is 9.80 Å². The van der Waals surface area contributed by atoms with Crippen LogP contribution in [0.5, 0.6) is 0 Å². The lowest BCUT2D eigenvalue weighted by Crippen LogP contribution is -3.12. The first kappa shape index (κ1) is 18.8. The molecular formula is C19H28N5OS2+. The van der Waals surface area contributed by atoms with Gasteiger partial charge in [-0.15, -0.1) is 11.3 Å². The third-order valence-electron chi connectivity index (χ3n) is 5.78. The van der Waals surface area contributed by atoms with E-state index in [9.17, 15) is 4.79 Å². The highest BCUT2D eigenvalue weighted by Gasteiger charge is 2.31. The maximum Gasteiger partial charge on any atom is 0.226 e. The molecule has 0 aliphatic carbocycles. The molecule has 146 valence electrons. The van der Waals surface area contributed by atoms with Gasteiger partial charge in [-0.05, 0) is 36.5 Å². The summed E-state index contributed by atoms with van der Waals surface area (Å²) in [7, 11) is 0. The zero-order chi connectivity index (χ0) is 18.6. The molecule has 0 unspecified atom stereocenters. The zero-order valence-corrected chi connectivity index (χ0v) is 17.3. The van der Waals surface area contributed by atoms with Crippen molar-refractivity contribution < 1.29 is 9.69 Å². The maximum absolute atomic E-state index is 12.8. The summed E-state index contributed by atoms with van der Waals surface area (Å²) in [5.41, 5.74) is 0. The van der Waals surface area contributed by atoms with Crippen molar-refractivity contribution in [3.05, 3.63) is 22.3 Å². The molecule has 2 N–H and O–H groups in total. The molecule has 0 saturated carbocycles. The molecule has 8 heteroatoms. The number of amides is 1. The number of H-pyrrole nitrogens is 1. The quantitative estimate of drug-likeness (QED) is 0.766. The number of hydrogen-bond acceptors (Lipinski definition) is 4. The Morgan fingerprint density at radius 1 is 1.26 bits per heavy atom. The fraction of sp³-hybridized carbons (Fsp3) is 0.632. The first-order chi connectivity index (χ1) is 13.2. The topological polar surface area (TPSA) is 58.4 Å². The van der Waals surface area contributed by atoms with E-state index in [1.54, 1.807) is 11.3 Å². The number of nitrogens with zero attached hydrogens (tertiary/aromatic N) is 3. The number of carbonyl (C=O) groups excluding carboxylic acids is 1. The zero-order valence-electron chi connectivity index (χ0n) is 15.7.